The zero-order valence-corrected chi connectivity index (χ0v) is 8.84. The summed E-state index contributed by atoms with van der Waals surface area (Å²) in [6.07, 6.45) is 3.21. The summed E-state index contributed by atoms with van der Waals surface area (Å²) in [5, 5.41) is 6.60. The van der Waals surface area contributed by atoms with Crippen molar-refractivity contribution in [1.82, 2.24) is 15.1 Å². The first-order valence-corrected chi connectivity index (χ1v) is 4.52. The normalized spacial score (nSPS) is 9.69. The third kappa shape index (κ3) is 2.18. The second kappa shape index (κ2) is 4.23. The summed E-state index contributed by atoms with van der Waals surface area (Å²) in [6, 6.07) is 0. The monoisotopic (exact) mass is 243 g/mol. The molecule has 1 aromatic heterocycles. The first-order chi connectivity index (χ1) is 6.16. The lowest BCUT2D eigenvalue weighted by Crippen LogP contribution is -2.25. The molecule has 0 atom stereocenters. The zero-order chi connectivity index (χ0) is 9.84. The van der Waals surface area contributed by atoms with Gasteiger partial charge in [-0.3, -0.25) is 9.48 Å². The summed E-state index contributed by atoms with van der Waals surface area (Å²) < 4.78 is 2.21. The molecule has 0 saturated heterocycles. The van der Waals surface area contributed by atoms with Gasteiger partial charge in [-0.25, -0.2) is 0 Å². The molecule has 0 aromatic carbocycles. The molecule has 0 saturated carbocycles. The van der Waals surface area contributed by atoms with Gasteiger partial charge in [0, 0.05) is 13.6 Å². The van der Waals surface area contributed by atoms with Gasteiger partial charge in [0.05, 0.1) is 10.7 Å². The van der Waals surface area contributed by atoms with Crippen LogP contribution in [0.4, 0.5) is 0 Å². The predicted molar refractivity (Wildman–Crippen MR) is 53.4 cm³/mol. The lowest BCUT2D eigenvalue weighted by atomic mass is 10.4. The molecule has 0 aliphatic rings. The Hall–Kier alpha value is -1.10. The number of nitrogens with one attached hydrogen (secondary N) is 1. The molecule has 70 valence electrons. The summed E-state index contributed by atoms with van der Waals surface area (Å²) in [4.78, 5) is 11.5. The van der Waals surface area contributed by atoms with Crippen molar-refractivity contribution in [2.75, 3.05) is 6.54 Å². The Kier molecular flexibility index (Phi) is 3.25. The molecule has 0 aliphatic heterocycles. The Morgan fingerprint density at radius 3 is 3.08 bits per heavy atom. The number of hydrogen-bond acceptors (Lipinski definition) is 2. The average molecular weight is 244 g/mol. The van der Waals surface area contributed by atoms with Crippen LogP contribution in [0.25, 0.3) is 0 Å². The summed E-state index contributed by atoms with van der Waals surface area (Å²) >= 11 is 3.24. The van der Waals surface area contributed by atoms with E-state index in [0.29, 0.717) is 16.7 Å². The van der Waals surface area contributed by atoms with E-state index in [2.05, 4.69) is 32.9 Å². The lowest BCUT2D eigenvalue weighted by Gasteiger charge is -2.02. The molecule has 1 rings (SSSR count). The van der Waals surface area contributed by atoms with Crippen molar-refractivity contribution in [3.05, 3.63) is 29.0 Å². The van der Waals surface area contributed by atoms with E-state index in [0.717, 1.165) is 0 Å². The standard InChI is InChI=1S/C8H10BrN3O/c1-3-4-10-8(13)7-6(9)5-11-12(7)2/h3,5H,1,4H2,2H3,(H,10,13). The number of rotatable bonds is 3. The molecule has 0 aliphatic carbocycles. The molecule has 0 fully saturated rings. The third-order valence-electron chi connectivity index (χ3n) is 1.52. The second-order valence-corrected chi connectivity index (χ2v) is 3.32. The number of carbonyl (C=O) groups excluding carboxylic acids is 1. The van der Waals surface area contributed by atoms with Gasteiger partial charge in [0.2, 0.25) is 0 Å². The Morgan fingerprint density at radius 2 is 2.62 bits per heavy atom. The topological polar surface area (TPSA) is 46.9 Å². The second-order valence-electron chi connectivity index (χ2n) is 2.46. The first-order valence-electron chi connectivity index (χ1n) is 3.73. The largest absolute Gasteiger partial charge is 0.347 e. The van der Waals surface area contributed by atoms with E-state index in [1.54, 1.807) is 19.3 Å². The quantitative estimate of drug-likeness (QED) is 0.809. The van der Waals surface area contributed by atoms with Crippen LogP contribution in [0.15, 0.2) is 23.3 Å². The fourth-order valence-electron chi connectivity index (χ4n) is 0.915. The highest BCUT2D eigenvalue weighted by Crippen LogP contribution is 2.14. The van der Waals surface area contributed by atoms with Crippen LogP contribution < -0.4 is 5.32 Å². The van der Waals surface area contributed by atoms with Gasteiger partial charge in [0.1, 0.15) is 5.69 Å². The molecule has 0 radical (unpaired) electrons. The maximum absolute atomic E-state index is 11.5. The lowest BCUT2D eigenvalue weighted by molar-refractivity contribution is 0.0948. The minimum absolute atomic E-state index is 0.160. The highest BCUT2D eigenvalue weighted by atomic mass is 79.9. The number of nitrogens with zero attached hydrogens (tertiary/aromatic N) is 2. The van der Waals surface area contributed by atoms with Gasteiger partial charge in [-0.05, 0) is 15.9 Å². The highest BCUT2D eigenvalue weighted by Gasteiger charge is 2.13. The minimum atomic E-state index is -0.160. The molecular formula is C8H10BrN3O. The third-order valence-corrected chi connectivity index (χ3v) is 2.10. The zero-order valence-electron chi connectivity index (χ0n) is 7.25. The Morgan fingerprint density at radius 1 is 1.92 bits per heavy atom. The average Bonchev–Trinajstić information content (AvgIpc) is 2.42. The van der Waals surface area contributed by atoms with Gasteiger partial charge in [-0.2, -0.15) is 5.10 Å². The van der Waals surface area contributed by atoms with Crippen molar-refractivity contribution >= 4 is 21.8 Å². The number of halogens is 1. The Labute approximate surface area is 84.8 Å². The smallest absolute Gasteiger partial charge is 0.270 e. The van der Waals surface area contributed by atoms with E-state index in [4.69, 9.17) is 0 Å². The Balaban J connectivity index is 2.81. The molecule has 0 spiro atoms. The van der Waals surface area contributed by atoms with E-state index in [-0.39, 0.29) is 5.91 Å². The summed E-state index contributed by atoms with van der Waals surface area (Å²) in [5.74, 6) is -0.160. The minimum Gasteiger partial charge on any atom is -0.347 e. The molecular weight excluding hydrogens is 234 g/mol. The van der Waals surface area contributed by atoms with Gasteiger partial charge in [0.15, 0.2) is 0 Å². The van der Waals surface area contributed by atoms with E-state index < -0.39 is 0 Å². The SMILES string of the molecule is C=CCNC(=O)c1c(Br)cnn1C. The fourth-order valence-corrected chi connectivity index (χ4v) is 1.44. The van der Waals surface area contributed by atoms with Crippen LogP contribution in [0.5, 0.6) is 0 Å². The van der Waals surface area contributed by atoms with Crippen LogP contribution in [0.3, 0.4) is 0 Å². The van der Waals surface area contributed by atoms with Gasteiger partial charge < -0.3 is 5.32 Å². The number of aryl methyl sites for hydroxylation is 1. The predicted octanol–water partition coefficient (Wildman–Crippen LogP) is 1.10. The van der Waals surface area contributed by atoms with Crippen molar-refractivity contribution in [3.63, 3.8) is 0 Å². The van der Waals surface area contributed by atoms with Crippen LogP contribution in [0.1, 0.15) is 10.5 Å². The molecule has 1 aromatic rings. The summed E-state index contributed by atoms with van der Waals surface area (Å²) in [7, 11) is 1.72. The van der Waals surface area contributed by atoms with Crippen molar-refractivity contribution in [1.29, 1.82) is 0 Å². The van der Waals surface area contributed by atoms with E-state index in [9.17, 15) is 4.79 Å². The molecule has 5 heteroatoms. The van der Waals surface area contributed by atoms with Crippen molar-refractivity contribution < 1.29 is 4.79 Å². The van der Waals surface area contributed by atoms with Crippen LogP contribution >= 0.6 is 15.9 Å². The van der Waals surface area contributed by atoms with E-state index in [1.165, 1.54) is 4.68 Å². The maximum atomic E-state index is 11.5. The van der Waals surface area contributed by atoms with Crippen LogP contribution in [0, 0.1) is 0 Å². The van der Waals surface area contributed by atoms with Gasteiger partial charge in [0.25, 0.3) is 5.91 Å². The number of aromatic nitrogens is 2. The molecule has 4 nitrogen and oxygen atoms in total. The molecule has 13 heavy (non-hydrogen) atoms. The van der Waals surface area contributed by atoms with Crippen LogP contribution in [0.2, 0.25) is 0 Å². The van der Waals surface area contributed by atoms with Crippen molar-refractivity contribution in [2.45, 2.75) is 0 Å². The first kappa shape index (κ1) is 9.98. The highest BCUT2D eigenvalue weighted by molar-refractivity contribution is 9.10. The Bertz CT molecular complexity index is 313. The molecule has 1 heterocycles. The van der Waals surface area contributed by atoms with Crippen molar-refractivity contribution in [2.24, 2.45) is 7.05 Å². The molecule has 0 bridgehead atoms. The van der Waals surface area contributed by atoms with Gasteiger partial charge in [-0.15, -0.1) is 6.58 Å². The number of amides is 1. The van der Waals surface area contributed by atoms with Crippen LogP contribution in [-0.2, 0) is 7.05 Å². The van der Waals surface area contributed by atoms with Gasteiger partial charge >= 0.3 is 0 Å². The van der Waals surface area contributed by atoms with Crippen LogP contribution in [-0.4, -0.2) is 22.2 Å². The molecule has 1 N–H and O–H groups in total. The molecule has 0 unspecified atom stereocenters. The number of carbonyl (C=O) groups is 1. The van der Waals surface area contributed by atoms with Crippen molar-refractivity contribution in [3.8, 4) is 0 Å². The van der Waals surface area contributed by atoms with E-state index >= 15 is 0 Å². The van der Waals surface area contributed by atoms with Gasteiger partial charge in [-0.1, -0.05) is 6.08 Å². The van der Waals surface area contributed by atoms with E-state index in [1.807, 2.05) is 0 Å². The molecule has 1 amide bonds. The summed E-state index contributed by atoms with van der Waals surface area (Å²) in [5.41, 5.74) is 0.516. The maximum Gasteiger partial charge on any atom is 0.270 e. The fraction of sp³-hybridized carbons (Fsp3) is 0.250. The summed E-state index contributed by atoms with van der Waals surface area (Å²) in [6.45, 7) is 3.96. The number of hydrogen-bond donors (Lipinski definition) is 1.